The van der Waals surface area contributed by atoms with E-state index >= 15 is 0 Å². The summed E-state index contributed by atoms with van der Waals surface area (Å²) in [5.41, 5.74) is 1.43. The van der Waals surface area contributed by atoms with Crippen molar-refractivity contribution in [3.63, 3.8) is 0 Å². The van der Waals surface area contributed by atoms with Crippen LogP contribution in [0.2, 0.25) is 0 Å². The number of nitrogens with one attached hydrogen (secondary N) is 1. The molecule has 0 spiro atoms. The Morgan fingerprint density at radius 3 is 2.68 bits per heavy atom. The first-order valence-corrected chi connectivity index (χ1v) is 8.62. The van der Waals surface area contributed by atoms with Crippen molar-refractivity contribution in [3.05, 3.63) is 32.7 Å². The van der Waals surface area contributed by atoms with Gasteiger partial charge < -0.3 is 5.32 Å². The minimum absolute atomic E-state index is 0.552. The Morgan fingerprint density at radius 2 is 2.00 bits per heavy atom. The molecule has 4 heteroatoms. The van der Waals surface area contributed by atoms with Crippen LogP contribution in [0.4, 0.5) is 0 Å². The topological polar surface area (TPSA) is 15.3 Å². The van der Waals surface area contributed by atoms with Crippen molar-refractivity contribution < 1.29 is 0 Å². The number of benzene rings is 1. The molecule has 0 amide bonds. The summed E-state index contributed by atoms with van der Waals surface area (Å²) in [7, 11) is 2.25. The highest BCUT2D eigenvalue weighted by Crippen LogP contribution is 2.38. The maximum Gasteiger partial charge on any atom is 0.0386 e. The van der Waals surface area contributed by atoms with Gasteiger partial charge in [0, 0.05) is 27.6 Å². The first-order chi connectivity index (χ1) is 9.15. The molecule has 1 aliphatic carbocycles. The monoisotopic (exact) mass is 386 g/mol. The lowest BCUT2D eigenvalue weighted by atomic mass is 9.93. The highest BCUT2D eigenvalue weighted by Gasteiger charge is 2.34. The highest BCUT2D eigenvalue weighted by atomic mass is 79.9. The summed E-state index contributed by atoms with van der Waals surface area (Å²) in [6.45, 7) is 2.36. The molecule has 1 heterocycles. The lowest BCUT2D eigenvalue weighted by Gasteiger charge is -2.26. The molecule has 3 rings (SSSR count). The molecule has 2 unspecified atom stereocenters. The van der Waals surface area contributed by atoms with Gasteiger partial charge in [-0.15, -0.1) is 0 Å². The molecule has 2 aliphatic rings. The first kappa shape index (κ1) is 14.1. The van der Waals surface area contributed by atoms with E-state index in [-0.39, 0.29) is 0 Å². The molecule has 1 N–H and O–H groups in total. The zero-order valence-corrected chi connectivity index (χ0v) is 14.4. The molecule has 2 fully saturated rings. The van der Waals surface area contributed by atoms with Gasteiger partial charge >= 0.3 is 0 Å². The molecule has 2 atom stereocenters. The second kappa shape index (κ2) is 5.84. The molecular weight excluding hydrogens is 368 g/mol. The van der Waals surface area contributed by atoms with Gasteiger partial charge in [-0.3, -0.25) is 4.90 Å². The van der Waals surface area contributed by atoms with Crippen molar-refractivity contribution in [1.82, 2.24) is 10.2 Å². The van der Waals surface area contributed by atoms with E-state index < -0.39 is 0 Å². The molecule has 0 radical (unpaired) electrons. The molecule has 1 saturated carbocycles. The third kappa shape index (κ3) is 3.23. The summed E-state index contributed by atoms with van der Waals surface area (Å²) in [5, 5.41) is 3.70. The molecular formula is C15H20Br2N2. The molecule has 19 heavy (non-hydrogen) atoms. The fourth-order valence-corrected chi connectivity index (χ4v) is 3.71. The average Bonchev–Trinajstić information content (AvgIpc) is 3.14. The quantitative estimate of drug-likeness (QED) is 0.841. The number of hydrogen-bond acceptors (Lipinski definition) is 2. The van der Waals surface area contributed by atoms with E-state index in [4.69, 9.17) is 0 Å². The molecule has 1 aromatic carbocycles. The standard InChI is InChI=1S/C15H20Br2N2/c1-19-7-6-11(9-18-12-3-4-12)15(19)10-2-5-13(16)14(17)8-10/h2,5,8,11-12,15,18H,3-4,6-7,9H2,1H3. The zero-order chi connectivity index (χ0) is 13.4. The third-order valence-corrected chi connectivity index (χ3v) is 6.18. The predicted octanol–water partition coefficient (Wildman–Crippen LogP) is 3.96. The number of halogens is 2. The second-order valence-electron chi connectivity index (χ2n) is 5.83. The maximum atomic E-state index is 3.70. The fraction of sp³-hybridized carbons (Fsp3) is 0.600. The van der Waals surface area contributed by atoms with Crippen molar-refractivity contribution in [1.29, 1.82) is 0 Å². The maximum absolute atomic E-state index is 3.70. The van der Waals surface area contributed by atoms with Crippen LogP contribution in [0.25, 0.3) is 0 Å². The van der Waals surface area contributed by atoms with Crippen LogP contribution in [0.15, 0.2) is 27.1 Å². The number of hydrogen-bond donors (Lipinski definition) is 1. The van der Waals surface area contributed by atoms with Crippen LogP contribution in [0.3, 0.4) is 0 Å². The van der Waals surface area contributed by atoms with Crippen molar-refractivity contribution in [2.45, 2.75) is 31.3 Å². The number of rotatable bonds is 4. The van der Waals surface area contributed by atoms with Crippen LogP contribution >= 0.6 is 31.9 Å². The van der Waals surface area contributed by atoms with Gasteiger partial charge in [0.05, 0.1) is 0 Å². The average molecular weight is 388 g/mol. The molecule has 1 aliphatic heterocycles. The van der Waals surface area contributed by atoms with Crippen LogP contribution < -0.4 is 5.32 Å². The van der Waals surface area contributed by atoms with Crippen LogP contribution in [0, 0.1) is 5.92 Å². The minimum Gasteiger partial charge on any atom is -0.314 e. The van der Waals surface area contributed by atoms with Crippen molar-refractivity contribution in [3.8, 4) is 0 Å². The van der Waals surface area contributed by atoms with E-state index in [2.05, 4.69) is 67.3 Å². The molecule has 104 valence electrons. The fourth-order valence-electron chi connectivity index (χ4n) is 3.07. The van der Waals surface area contributed by atoms with Gasteiger partial charge in [0.15, 0.2) is 0 Å². The Labute approximate surface area is 132 Å². The third-order valence-electron chi connectivity index (χ3n) is 4.31. The van der Waals surface area contributed by atoms with Crippen LogP contribution in [0.5, 0.6) is 0 Å². The summed E-state index contributed by atoms with van der Waals surface area (Å²) >= 11 is 7.18. The minimum atomic E-state index is 0.552. The van der Waals surface area contributed by atoms with E-state index in [9.17, 15) is 0 Å². The first-order valence-electron chi connectivity index (χ1n) is 7.03. The highest BCUT2D eigenvalue weighted by molar-refractivity contribution is 9.13. The predicted molar refractivity (Wildman–Crippen MR) is 86.3 cm³/mol. The molecule has 2 nitrogen and oxygen atoms in total. The summed E-state index contributed by atoms with van der Waals surface area (Å²) in [6.07, 6.45) is 4.04. The van der Waals surface area contributed by atoms with Crippen LogP contribution in [-0.4, -0.2) is 31.1 Å². The van der Waals surface area contributed by atoms with E-state index in [1.165, 1.54) is 31.4 Å². The van der Waals surface area contributed by atoms with Gasteiger partial charge in [-0.1, -0.05) is 6.07 Å². The normalized spacial score (nSPS) is 27.9. The summed E-state index contributed by atoms with van der Waals surface area (Å²) in [4.78, 5) is 2.49. The lowest BCUT2D eigenvalue weighted by molar-refractivity contribution is 0.271. The Balaban J connectivity index is 1.75. The lowest BCUT2D eigenvalue weighted by Crippen LogP contribution is -2.29. The zero-order valence-electron chi connectivity index (χ0n) is 11.2. The van der Waals surface area contributed by atoms with Crippen molar-refractivity contribution in [2.24, 2.45) is 5.92 Å². The summed E-state index contributed by atoms with van der Waals surface area (Å²) in [6, 6.07) is 8.03. The summed E-state index contributed by atoms with van der Waals surface area (Å²) < 4.78 is 2.28. The SMILES string of the molecule is CN1CCC(CNC2CC2)C1c1ccc(Br)c(Br)c1. The van der Waals surface area contributed by atoms with Gasteiger partial charge in [-0.25, -0.2) is 0 Å². The van der Waals surface area contributed by atoms with E-state index in [0.717, 1.165) is 27.4 Å². The Kier molecular flexibility index (Phi) is 4.32. The van der Waals surface area contributed by atoms with Crippen molar-refractivity contribution in [2.75, 3.05) is 20.1 Å². The molecule has 0 bridgehead atoms. The van der Waals surface area contributed by atoms with E-state index in [0.29, 0.717) is 6.04 Å². The van der Waals surface area contributed by atoms with Gasteiger partial charge in [-0.2, -0.15) is 0 Å². The summed E-state index contributed by atoms with van der Waals surface area (Å²) in [5.74, 6) is 0.735. The van der Waals surface area contributed by atoms with Crippen molar-refractivity contribution >= 4 is 31.9 Å². The molecule has 0 aromatic heterocycles. The second-order valence-corrected chi connectivity index (χ2v) is 7.54. The smallest absolute Gasteiger partial charge is 0.0386 e. The molecule has 1 aromatic rings. The van der Waals surface area contributed by atoms with Gasteiger partial charge in [-0.05, 0) is 88.3 Å². The Hall–Kier alpha value is 0.1000. The van der Waals surface area contributed by atoms with E-state index in [1.807, 2.05) is 0 Å². The number of likely N-dealkylation sites (tertiary alicyclic amines) is 1. The van der Waals surface area contributed by atoms with Gasteiger partial charge in [0.1, 0.15) is 0 Å². The van der Waals surface area contributed by atoms with Gasteiger partial charge in [0.2, 0.25) is 0 Å². The number of nitrogens with zero attached hydrogens (tertiary/aromatic N) is 1. The van der Waals surface area contributed by atoms with Gasteiger partial charge in [0.25, 0.3) is 0 Å². The van der Waals surface area contributed by atoms with E-state index in [1.54, 1.807) is 0 Å². The largest absolute Gasteiger partial charge is 0.314 e. The molecule has 1 saturated heterocycles. The van der Waals surface area contributed by atoms with Crippen LogP contribution in [0.1, 0.15) is 30.9 Å². The Bertz CT molecular complexity index is 459. The van der Waals surface area contributed by atoms with Crippen LogP contribution in [-0.2, 0) is 0 Å². The Morgan fingerprint density at radius 1 is 1.21 bits per heavy atom.